The summed E-state index contributed by atoms with van der Waals surface area (Å²) in [5, 5.41) is 5.63. The minimum atomic E-state index is -4.07. The zero-order valence-electron chi connectivity index (χ0n) is 12.8. The molecule has 1 saturated carbocycles. The number of hydrogen-bond donors (Lipinski definition) is 3. The number of benzene rings is 1. The number of rotatable bonds is 2. The molecule has 0 bridgehead atoms. The minimum absolute atomic E-state index is 0.244. The third kappa shape index (κ3) is 4.25. The van der Waals surface area contributed by atoms with E-state index in [1.807, 2.05) is 0 Å². The van der Waals surface area contributed by atoms with E-state index in [9.17, 15) is 13.2 Å². The van der Waals surface area contributed by atoms with Crippen LogP contribution in [0.15, 0.2) is 23.1 Å². The van der Waals surface area contributed by atoms with E-state index in [1.54, 1.807) is 12.1 Å². The van der Waals surface area contributed by atoms with E-state index in [4.69, 9.17) is 22.5 Å². The molecule has 1 aromatic carbocycles. The Morgan fingerprint density at radius 3 is 2.35 bits per heavy atom. The highest BCUT2D eigenvalue weighted by Crippen LogP contribution is 2.28. The summed E-state index contributed by atoms with van der Waals surface area (Å²) < 4.78 is 22.9. The number of nitrogens with two attached hydrogens (primary N) is 2. The van der Waals surface area contributed by atoms with Crippen molar-refractivity contribution in [3.8, 4) is 0 Å². The van der Waals surface area contributed by atoms with E-state index < -0.39 is 15.9 Å². The largest absolute Gasteiger partial charge is 0.364 e. The SMILES string of the molecule is CC1CCCC1.NC(=O)c1[nH]c2ccc(Cl)cc2c1S(N)(=O)=O. The Bertz CT molecular complexity index is 824. The van der Waals surface area contributed by atoms with Gasteiger partial charge in [-0.2, -0.15) is 0 Å². The van der Waals surface area contributed by atoms with Gasteiger partial charge in [-0.25, -0.2) is 13.6 Å². The molecule has 1 heterocycles. The van der Waals surface area contributed by atoms with Gasteiger partial charge in [0.15, 0.2) is 0 Å². The lowest BCUT2D eigenvalue weighted by Crippen LogP contribution is -2.19. The van der Waals surface area contributed by atoms with Crippen LogP contribution in [0.4, 0.5) is 0 Å². The lowest BCUT2D eigenvalue weighted by molar-refractivity contribution is 0.0993. The molecule has 3 rings (SSSR count). The highest BCUT2D eigenvalue weighted by atomic mass is 35.5. The Hall–Kier alpha value is -1.57. The van der Waals surface area contributed by atoms with E-state index in [2.05, 4.69) is 11.9 Å². The van der Waals surface area contributed by atoms with Crippen molar-refractivity contribution in [1.29, 1.82) is 0 Å². The van der Waals surface area contributed by atoms with E-state index in [0.29, 0.717) is 10.5 Å². The van der Waals surface area contributed by atoms with Crippen LogP contribution in [0.1, 0.15) is 43.1 Å². The van der Waals surface area contributed by atoms with E-state index >= 15 is 0 Å². The van der Waals surface area contributed by atoms with Crippen molar-refractivity contribution in [2.24, 2.45) is 16.8 Å². The number of hydrogen-bond acceptors (Lipinski definition) is 3. The first-order chi connectivity index (χ1) is 10.7. The number of carbonyl (C=O) groups excluding carboxylic acids is 1. The van der Waals surface area contributed by atoms with Crippen molar-refractivity contribution in [2.45, 2.75) is 37.5 Å². The monoisotopic (exact) mass is 357 g/mol. The van der Waals surface area contributed by atoms with Crippen LogP contribution < -0.4 is 10.9 Å². The number of H-pyrrole nitrogens is 1. The Labute approximate surface area is 140 Å². The molecule has 0 atom stereocenters. The Kier molecular flexibility index (Phi) is 5.33. The molecule has 0 radical (unpaired) electrons. The first-order valence-corrected chi connectivity index (χ1v) is 9.26. The molecular weight excluding hydrogens is 338 g/mol. The first kappa shape index (κ1) is 17.8. The third-order valence-electron chi connectivity index (χ3n) is 3.89. The summed E-state index contributed by atoms with van der Waals surface area (Å²) in [6, 6.07) is 4.50. The smallest absolute Gasteiger partial charge is 0.266 e. The molecule has 1 aliphatic rings. The average Bonchev–Trinajstić information content (AvgIpc) is 3.04. The highest BCUT2D eigenvalue weighted by Gasteiger charge is 2.24. The van der Waals surface area contributed by atoms with Crippen molar-refractivity contribution in [3.05, 3.63) is 28.9 Å². The molecule has 126 valence electrons. The molecule has 0 unspecified atom stereocenters. The average molecular weight is 358 g/mol. The molecule has 6 nitrogen and oxygen atoms in total. The predicted octanol–water partition coefficient (Wildman–Crippen LogP) is 2.76. The second-order valence-corrected chi connectivity index (χ2v) is 7.75. The zero-order chi connectivity index (χ0) is 17.2. The lowest BCUT2D eigenvalue weighted by Gasteiger charge is -1.98. The van der Waals surface area contributed by atoms with Crippen LogP contribution in [0, 0.1) is 5.92 Å². The van der Waals surface area contributed by atoms with Gasteiger partial charge in [-0.05, 0) is 24.1 Å². The zero-order valence-corrected chi connectivity index (χ0v) is 14.4. The first-order valence-electron chi connectivity index (χ1n) is 7.34. The number of sulfonamides is 1. The van der Waals surface area contributed by atoms with Crippen LogP contribution in [0.3, 0.4) is 0 Å². The predicted molar refractivity (Wildman–Crippen MR) is 90.8 cm³/mol. The molecule has 5 N–H and O–H groups in total. The number of amides is 1. The fourth-order valence-corrected chi connectivity index (χ4v) is 3.82. The van der Waals surface area contributed by atoms with Gasteiger partial charge in [-0.3, -0.25) is 4.79 Å². The number of primary sulfonamides is 1. The molecule has 0 saturated heterocycles. The lowest BCUT2D eigenvalue weighted by atomic mass is 10.2. The maximum atomic E-state index is 11.5. The molecule has 1 aliphatic carbocycles. The molecule has 8 heteroatoms. The molecule has 1 fully saturated rings. The van der Waals surface area contributed by atoms with E-state index in [-0.39, 0.29) is 16.0 Å². The van der Waals surface area contributed by atoms with Crippen molar-refractivity contribution < 1.29 is 13.2 Å². The minimum Gasteiger partial charge on any atom is -0.364 e. The number of nitrogens with one attached hydrogen (secondary N) is 1. The van der Waals surface area contributed by atoms with Gasteiger partial charge in [0.05, 0.1) is 0 Å². The molecular formula is C15H20ClN3O3S. The molecule has 0 spiro atoms. The van der Waals surface area contributed by atoms with Crippen molar-refractivity contribution in [3.63, 3.8) is 0 Å². The van der Waals surface area contributed by atoms with Gasteiger partial charge in [0.25, 0.3) is 5.91 Å². The van der Waals surface area contributed by atoms with Gasteiger partial charge in [-0.15, -0.1) is 0 Å². The van der Waals surface area contributed by atoms with Gasteiger partial charge in [0.1, 0.15) is 10.6 Å². The van der Waals surface area contributed by atoms with Crippen LogP contribution in [-0.2, 0) is 10.0 Å². The second kappa shape index (κ2) is 6.90. The second-order valence-electron chi connectivity index (χ2n) is 5.82. The topological polar surface area (TPSA) is 119 Å². The van der Waals surface area contributed by atoms with Crippen molar-refractivity contribution >= 4 is 38.4 Å². The summed E-state index contributed by atoms with van der Waals surface area (Å²) in [6.07, 6.45) is 5.95. The third-order valence-corrected chi connectivity index (χ3v) is 5.12. The van der Waals surface area contributed by atoms with Crippen LogP contribution in [0.5, 0.6) is 0 Å². The molecule has 23 heavy (non-hydrogen) atoms. The standard InChI is InChI=1S/C9H8ClN3O3S.C6H12/c10-4-1-2-6-5(3-4)8(17(12,15)16)7(13-6)9(11)14;1-6-4-2-3-5-6/h1-3,13H,(H2,11,14)(H2,12,15,16);6H,2-5H2,1H3. The van der Waals surface area contributed by atoms with Gasteiger partial charge >= 0.3 is 0 Å². The van der Waals surface area contributed by atoms with Crippen LogP contribution >= 0.6 is 11.6 Å². The van der Waals surface area contributed by atoms with Gasteiger partial charge in [-0.1, -0.05) is 44.2 Å². The maximum Gasteiger partial charge on any atom is 0.266 e. The van der Waals surface area contributed by atoms with Gasteiger partial charge < -0.3 is 10.7 Å². The van der Waals surface area contributed by atoms with Gasteiger partial charge in [0.2, 0.25) is 10.0 Å². The Morgan fingerprint density at radius 2 is 1.91 bits per heavy atom. The summed E-state index contributed by atoms with van der Waals surface area (Å²) in [5.41, 5.74) is 5.27. The van der Waals surface area contributed by atoms with Gasteiger partial charge in [0, 0.05) is 15.9 Å². The van der Waals surface area contributed by atoms with Crippen molar-refractivity contribution in [1.82, 2.24) is 4.98 Å². The Morgan fingerprint density at radius 1 is 1.30 bits per heavy atom. The van der Waals surface area contributed by atoms with Crippen LogP contribution in [0.2, 0.25) is 5.02 Å². The number of carbonyl (C=O) groups is 1. The molecule has 0 aliphatic heterocycles. The fourth-order valence-electron chi connectivity index (χ4n) is 2.74. The maximum absolute atomic E-state index is 11.5. The van der Waals surface area contributed by atoms with Crippen molar-refractivity contribution in [2.75, 3.05) is 0 Å². The van der Waals surface area contributed by atoms with E-state index in [0.717, 1.165) is 5.92 Å². The van der Waals surface area contributed by atoms with E-state index in [1.165, 1.54) is 31.7 Å². The van der Waals surface area contributed by atoms with Crippen LogP contribution in [-0.4, -0.2) is 19.3 Å². The number of primary amides is 1. The Balaban J connectivity index is 0.000000268. The summed E-state index contributed by atoms with van der Waals surface area (Å²) in [4.78, 5) is 13.4. The highest BCUT2D eigenvalue weighted by molar-refractivity contribution is 7.89. The summed E-state index contributed by atoms with van der Waals surface area (Å²) in [7, 11) is -4.07. The number of fused-ring (bicyclic) bond motifs is 1. The number of aromatic nitrogens is 1. The summed E-state index contributed by atoms with van der Waals surface area (Å²) >= 11 is 5.76. The normalized spacial score (nSPS) is 15.4. The molecule has 1 aromatic heterocycles. The molecule has 1 amide bonds. The number of aromatic amines is 1. The summed E-state index contributed by atoms with van der Waals surface area (Å²) in [6.45, 7) is 2.34. The summed E-state index contributed by atoms with van der Waals surface area (Å²) in [5.74, 6) is 0.145. The molecule has 2 aromatic rings. The number of halogens is 1. The quantitative estimate of drug-likeness (QED) is 0.766. The fraction of sp³-hybridized carbons (Fsp3) is 0.400. The van der Waals surface area contributed by atoms with Crippen LogP contribution in [0.25, 0.3) is 10.9 Å².